The zero-order chi connectivity index (χ0) is 13.4. The van der Waals surface area contributed by atoms with Gasteiger partial charge in [-0.1, -0.05) is 0 Å². The summed E-state index contributed by atoms with van der Waals surface area (Å²) < 4.78 is 9.72. The standard InChI is InChI=1S/2C7H8O2.2ClH.Zr/c2*1-9-7-4-2-6(8)3-5-7;;;/h2*2-5,8H,1H3;2*1H;/q;;;;+2/p-2. The molecule has 0 fully saturated rings. The van der Waals surface area contributed by atoms with Crippen LogP contribution in [0.2, 0.25) is 0 Å². The first kappa shape index (κ1) is 25.1. The predicted octanol–water partition coefficient (Wildman–Crippen LogP) is -3.19. The zero-order valence-corrected chi connectivity index (χ0v) is 15.6. The van der Waals surface area contributed by atoms with Crippen LogP contribution in [0.4, 0.5) is 0 Å². The van der Waals surface area contributed by atoms with E-state index in [2.05, 4.69) is 0 Å². The van der Waals surface area contributed by atoms with E-state index in [4.69, 9.17) is 19.7 Å². The van der Waals surface area contributed by atoms with E-state index in [0.29, 0.717) is 0 Å². The Hall–Kier alpha value is -0.897. The average molecular weight is 410 g/mol. The summed E-state index contributed by atoms with van der Waals surface area (Å²) in [6.07, 6.45) is 0. The maximum absolute atomic E-state index is 8.80. The predicted molar refractivity (Wildman–Crippen MR) is 69.3 cm³/mol. The van der Waals surface area contributed by atoms with Crippen LogP contribution in [0.15, 0.2) is 48.5 Å². The summed E-state index contributed by atoms with van der Waals surface area (Å²) in [5, 5.41) is 17.6. The Morgan fingerprint density at radius 2 is 0.857 bits per heavy atom. The first-order valence-electron chi connectivity index (χ1n) is 5.31. The van der Waals surface area contributed by atoms with Gasteiger partial charge in [0.05, 0.1) is 14.2 Å². The molecule has 2 aromatic rings. The number of ether oxygens (including phenoxy) is 2. The molecular formula is C14H16Cl2O4Zr. The van der Waals surface area contributed by atoms with Crippen molar-refractivity contribution in [1.82, 2.24) is 0 Å². The first-order valence-corrected chi connectivity index (χ1v) is 5.31. The molecule has 2 rings (SSSR count). The molecule has 0 aliphatic carbocycles. The second-order valence-electron chi connectivity index (χ2n) is 3.40. The molecule has 0 heterocycles. The molecule has 0 aliphatic heterocycles. The van der Waals surface area contributed by atoms with E-state index in [0.717, 1.165) is 11.5 Å². The largest absolute Gasteiger partial charge is 2.00 e. The fraction of sp³-hybridized carbons (Fsp3) is 0.143. The van der Waals surface area contributed by atoms with Crippen LogP contribution in [0.1, 0.15) is 0 Å². The van der Waals surface area contributed by atoms with Gasteiger partial charge < -0.3 is 44.5 Å². The van der Waals surface area contributed by atoms with E-state index in [-0.39, 0.29) is 62.5 Å². The third-order valence-electron chi connectivity index (χ3n) is 2.14. The molecule has 4 nitrogen and oxygen atoms in total. The number of aromatic hydroxyl groups is 2. The van der Waals surface area contributed by atoms with Crippen LogP contribution < -0.4 is 34.3 Å². The first-order chi connectivity index (χ1) is 8.65. The van der Waals surface area contributed by atoms with E-state index >= 15 is 0 Å². The molecule has 2 aromatic carbocycles. The molecule has 0 bridgehead atoms. The summed E-state index contributed by atoms with van der Waals surface area (Å²) in [6.45, 7) is 0. The monoisotopic (exact) mass is 408 g/mol. The number of rotatable bonds is 2. The topological polar surface area (TPSA) is 58.9 Å². The van der Waals surface area contributed by atoms with Crippen molar-refractivity contribution in [2.24, 2.45) is 0 Å². The fourth-order valence-electron chi connectivity index (χ4n) is 1.16. The molecule has 0 saturated carbocycles. The van der Waals surface area contributed by atoms with Gasteiger partial charge in [0.2, 0.25) is 0 Å². The maximum Gasteiger partial charge on any atom is 2.00 e. The second kappa shape index (κ2) is 14.1. The molecule has 0 spiro atoms. The van der Waals surface area contributed by atoms with Crippen LogP contribution in [0.3, 0.4) is 0 Å². The molecule has 0 unspecified atom stereocenters. The summed E-state index contributed by atoms with van der Waals surface area (Å²) in [6, 6.07) is 13.1. The Morgan fingerprint density at radius 3 is 1.05 bits per heavy atom. The van der Waals surface area contributed by atoms with Gasteiger partial charge in [-0.15, -0.1) is 0 Å². The number of benzene rings is 2. The number of halogens is 2. The average Bonchev–Trinajstić information content (AvgIpc) is 2.41. The van der Waals surface area contributed by atoms with Crippen LogP contribution in [0.25, 0.3) is 0 Å². The maximum atomic E-state index is 8.80. The van der Waals surface area contributed by atoms with Gasteiger partial charge in [-0.25, -0.2) is 0 Å². The van der Waals surface area contributed by atoms with Gasteiger partial charge in [0.25, 0.3) is 0 Å². The van der Waals surface area contributed by atoms with E-state index in [9.17, 15) is 0 Å². The van der Waals surface area contributed by atoms with Crippen LogP contribution in [-0.4, -0.2) is 24.4 Å². The molecule has 2 N–H and O–H groups in total. The van der Waals surface area contributed by atoms with Gasteiger partial charge in [-0.05, 0) is 48.5 Å². The van der Waals surface area contributed by atoms with Crippen molar-refractivity contribution in [2.45, 2.75) is 0 Å². The minimum atomic E-state index is 0. The van der Waals surface area contributed by atoms with Gasteiger partial charge in [0.15, 0.2) is 0 Å². The molecule has 0 radical (unpaired) electrons. The summed E-state index contributed by atoms with van der Waals surface area (Å²) in [5.74, 6) is 2.03. The number of hydrogen-bond donors (Lipinski definition) is 2. The fourth-order valence-corrected chi connectivity index (χ4v) is 1.16. The Kier molecular flexibility index (Phi) is 16.8. The van der Waals surface area contributed by atoms with Gasteiger partial charge >= 0.3 is 26.2 Å². The van der Waals surface area contributed by atoms with E-state index < -0.39 is 0 Å². The SMILES string of the molecule is COc1ccc(O)cc1.COc1ccc(O)cc1.[Cl-].[Cl-].[Zr+2]. The van der Waals surface area contributed by atoms with Gasteiger partial charge in [0.1, 0.15) is 23.0 Å². The Balaban J connectivity index is -0.000000270. The van der Waals surface area contributed by atoms with Crippen LogP contribution >= 0.6 is 0 Å². The number of hydrogen-bond acceptors (Lipinski definition) is 4. The zero-order valence-electron chi connectivity index (χ0n) is 11.6. The molecule has 0 aromatic heterocycles. The third kappa shape index (κ3) is 10.5. The van der Waals surface area contributed by atoms with Crippen molar-refractivity contribution < 1.29 is 70.7 Å². The molecule has 0 saturated heterocycles. The molecule has 21 heavy (non-hydrogen) atoms. The van der Waals surface area contributed by atoms with Crippen molar-refractivity contribution >= 4 is 0 Å². The van der Waals surface area contributed by atoms with Crippen molar-refractivity contribution in [3.8, 4) is 23.0 Å². The molecule has 0 aliphatic rings. The summed E-state index contributed by atoms with van der Waals surface area (Å²) >= 11 is 0. The minimum Gasteiger partial charge on any atom is -1.00 e. The molecule has 0 amide bonds. The number of phenols is 2. The Labute approximate surface area is 156 Å². The van der Waals surface area contributed by atoms with E-state index in [1.165, 1.54) is 0 Å². The molecule has 114 valence electrons. The molecule has 7 heteroatoms. The van der Waals surface area contributed by atoms with Gasteiger partial charge in [0, 0.05) is 0 Å². The minimum absolute atomic E-state index is 0. The summed E-state index contributed by atoms with van der Waals surface area (Å²) in [5.41, 5.74) is 0. The van der Waals surface area contributed by atoms with Gasteiger partial charge in [-0.2, -0.15) is 0 Å². The van der Waals surface area contributed by atoms with Crippen LogP contribution in [-0.2, 0) is 26.2 Å². The summed E-state index contributed by atoms with van der Waals surface area (Å²) in [7, 11) is 3.18. The van der Waals surface area contributed by atoms with Crippen molar-refractivity contribution in [2.75, 3.05) is 14.2 Å². The Morgan fingerprint density at radius 1 is 0.619 bits per heavy atom. The van der Waals surface area contributed by atoms with Crippen molar-refractivity contribution in [3.05, 3.63) is 48.5 Å². The van der Waals surface area contributed by atoms with Crippen molar-refractivity contribution in [3.63, 3.8) is 0 Å². The third-order valence-corrected chi connectivity index (χ3v) is 2.14. The van der Waals surface area contributed by atoms with E-state index in [1.54, 1.807) is 62.8 Å². The Bertz CT molecular complexity index is 418. The van der Waals surface area contributed by atoms with Crippen LogP contribution in [0.5, 0.6) is 23.0 Å². The van der Waals surface area contributed by atoms with E-state index in [1.807, 2.05) is 0 Å². The second-order valence-corrected chi connectivity index (χ2v) is 3.40. The number of phenolic OH excluding ortho intramolecular Hbond substituents is 2. The quantitative estimate of drug-likeness (QED) is 0.548. The van der Waals surface area contributed by atoms with Crippen LogP contribution in [0, 0.1) is 0 Å². The van der Waals surface area contributed by atoms with Gasteiger partial charge in [-0.3, -0.25) is 0 Å². The van der Waals surface area contributed by atoms with Crippen molar-refractivity contribution in [1.29, 1.82) is 0 Å². The molecular weight excluding hydrogens is 394 g/mol. The molecule has 0 atom stereocenters. The summed E-state index contributed by atoms with van der Waals surface area (Å²) in [4.78, 5) is 0. The number of methoxy groups -OCH3 is 2. The smallest absolute Gasteiger partial charge is 1.00 e. The normalized spacial score (nSPS) is 7.71.